The second-order valence-electron chi connectivity index (χ2n) is 6.72. The average molecular weight is 456 g/mol. The van der Waals surface area contributed by atoms with Crippen LogP contribution in [0, 0.1) is 0 Å². The SMILES string of the molecule is O=S(=O)(O)c1ccc(-c2nc3c4cccnc4c4ncccc4c3[nH]2)c(S(=O)(=O)O)c1. The summed E-state index contributed by atoms with van der Waals surface area (Å²) in [6.45, 7) is 0. The molecule has 2 aromatic carbocycles. The fourth-order valence-corrected chi connectivity index (χ4v) is 4.84. The summed E-state index contributed by atoms with van der Waals surface area (Å²) < 4.78 is 65.7. The fourth-order valence-electron chi connectivity index (χ4n) is 3.54. The number of H-pyrrole nitrogens is 1. The summed E-state index contributed by atoms with van der Waals surface area (Å²) >= 11 is 0. The number of nitrogens with zero attached hydrogens (tertiary/aromatic N) is 3. The van der Waals surface area contributed by atoms with E-state index in [9.17, 15) is 25.9 Å². The van der Waals surface area contributed by atoms with E-state index in [1.165, 1.54) is 0 Å². The van der Waals surface area contributed by atoms with Crippen LogP contribution in [0.1, 0.15) is 0 Å². The van der Waals surface area contributed by atoms with Crippen LogP contribution in [0.15, 0.2) is 64.6 Å². The highest BCUT2D eigenvalue weighted by atomic mass is 32.2. The van der Waals surface area contributed by atoms with Gasteiger partial charge in [-0.3, -0.25) is 19.1 Å². The van der Waals surface area contributed by atoms with Crippen molar-refractivity contribution in [3.63, 3.8) is 0 Å². The molecule has 3 N–H and O–H groups in total. The highest BCUT2D eigenvalue weighted by Crippen LogP contribution is 2.35. The zero-order valence-corrected chi connectivity index (χ0v) is 17.0. The highest BCUT2D eigenvalue weighted by molar-refractivity contribution is 7.86. The first-order valence-electron chi connectivity index (χ1n) is 8.75. The molecule has 0 bridgehead atoms. The smallest absolute Gasteiger partial charge is 0.295 e. The van der Waals surface area contributed by atoms with E-state index in [2.05, 4.69) is 19.9 Å². The van der Waals surface area contributed by atoms with Gasteiger partial charge >= 0.3 is 0 Å². The lowest BCUT2D eigenvalue weighted by Crippen LogP contribution is -2.05. The van der Waals surface area contributed by atoms with Crippen LogP contribution in [0.2, 0.25) is 0 Å². The molecule has 3 aromatic heterocycles. The Morgan fingerprint density at radius 2 is 1.42 bits per heavy atom. The minimum Gasteiger partial charge on any atom is -0.337 e. The highest BCUT2D eigenvalue weighted by Gasteiger charge is 2.24. The maximum Gasteiger partial charge on any atom is 0.295 e. The van der Waals surface area contributed by atoms with Crippen LogP contribution in [-0.2, 0) is 20.2 Å². The molecule has 0 unspecified atom stereocenters. The Kier molecular flexibility index (Phi) is 4.10. The lowest BCUT2D eigenvalue weighted by molar-refractivity contribution is 0.481. The lowest BCUT2D eigenvalue weighted by Gasteiger charge is -2.06. The van der Waals surface area contributed by atoms with Gasteiger partial charge in [0.2, 0.25) is 0 Å². The van der Waals surface area contributed by atoms with Crippen LogP contribution >= 0.6 is 0 Å². The molecule has 31 heavy (non-hydrogen) atoms. The van der Waals surface area contributed by atoms with E-state index < -0.39 is 30.0 Å². The minimum absolute atomic E-state index is 0.0693. The van der Waals surface area contributed by atoms with E-state index in [4.69, 9.17) is 0 Å². The topological polar surface area (TPSA) is 163 Å². The van der Waals surface area contributed by atoms with E-state index in [0.717, 1.165) is 12.1 Å². The summed E-state index contributed by atoms with van der Waals surface area (Å²) in [5.41, 5.74) is 2.23. The number of fused-ring (bicyclic) bond motifs is 6. The molecule has 0 aliphatic carbocycles. The second-order valence-corrected chi connectivity index (χ2v) is 9.53. The molecule has 156 valence electrons. The molecule has 0 saturated carbocycles. The molecule has 5 aromatic rings. The first-order chi connectivity index (χ1) is 14.6. The van der Waals surface area contributed by atoms with Gasteiger partial charge in [-0.25, -0.2) is 4.98 Å². The largest absolute Gasteiger partial charge is 0.337 e. The Balaban J connectivity index is 1.90. The molecular formula is C19H12N4O6S2. The van der Waals surface area contributed by atoms with Crippen LogP contribution in [0.25, 0.3) is 44.2 Å². The van der Waals surface area contributed by atoms with Gasteiger partial charge in [0.15, 0.2) is 0 Å². The Bertz CT molecular complexity index is 1670. The molecule has 0 radical (unpaired) electrons. The Hall–Kier alpha value is -3.45. The number of pyridine rings is 2. The molecule has 0 atom stereocenters. The van der Waals surface area contributed by atoms with Crippen molar-refractivity contribution >= 4 is 53.1 Å². The quantitative estimate of drug-likeness (QED) is 0.273. The van der Waals surface area contributed by atoms with Gasteiger partial charge in [-0.1, -0.05) is 0 Å². The first-order valence-corrected chi connectivity index (χ1v) is 11.6. The monoisotopic (exact) mass is 456 g/mol. The Labute approximate surface area is 175 Å². The Morgan fingerprint density at radius 1 is 0.774 bits per heavy atom. The van der Waals surface area contributed by atoms with Crippen molar-refractivity contribution in [3.8, 4) is 11.4 Å². The number of rotatable bonds is 3. The maximum absolute atomic E-state index is 12.0. The number of nitrogens with one attached hydrogen (secondary N) is 1. The summed E-state index contributed by atoms with van der Waals surface area (Å²) in [5, 5.41) is 1.37. The number of imidazole rings is 1. The van der Waals surface area contributed by atoms with E-state index >= 15 is 0 Å². The lowest BCUT2D eigenvalue weighted by atomic mass is 10.1. The maximum atomic E-state index is 12.0. The van der Waals surface area contributed by atoms with E-state index in [0.29, 0.717) is 38.9 Å². The van der Waals surface area contributed by atoms with Crippen LogP contribution in [0.3, 0.4) is 0 Å². The van der Waals surface area contributed by atoms with E-state index in [-0.39, 0.29) is 11.4 Å². The summed E-state index contributed by atoms with van der Waals surface area (Å²) in [7, 11) is -9.54. The van der Waals surface area contributed by atoms with Gasteiger partial charge in [-0.15, -0.1) is 0 Å². The third kappa shape index (κ3) is 3.13. The molecule has 5 rings (SSSR count). The zero-order chi connectivity index (χ0) is 22.0. The van der Waals surface area contributed by atoms with Gasteiger partial charge < -0.3 is 4.98 Å². The van der Waals surface area contributed by atoms with Crippen LogP contribution in [0.5, 0.6) is 0 Å². The fraction of sp³-hybridized carbons (Fsp3) is 0. The second kappa shape index (κ2) is 6.52. The molecule has 3 heterocycles. The third-order valence-electron chi connectivity index (χ3n) is 4.85. The number of hydrogen-bond acceptors (Lipinski definition) is 7. The standard InChI is InChI=1S/C19H12N4O6S2/c24-30(25,26)10-5-6-11(14(9-10)31(27,28)29)19-22-17-12-3-1-7-20-15(12)16-13(18(17)23-19)4-2-8-21-16/h1-9H,(H,22,23)(H,24,25,26)(H,27,28,29). The van der Waals surface area contributed by atoms with E-state index in [1.54, 1.807) is 30.6 Å². The van der Waals surface area contributed by atoms with Crippen molar-refractivity contribution < 1.29 is 25.9 Å². The predicted octanol–water partition coefficient (Wildman–Crippen LogP) is 2.82. The molecule has 12 heteroatoms. The number of aromatic amines is 1. The molecule has 0 aliphatic heterocycles. The van der Waals surface area contributed by atoms with Crippen molar-refractivity contribution in [2.24, 2.45) is 0 Å². The van der Waals surface area contributed by atoms with Gasteiger partial charge in [0.05, 0.1) is 27.0 Å². The van der Waals surface area contributed by atoms with Gasteiger partial charge in [-0.05, 0) is 42.5 Å². The van der Waals surface area contributed by atoms with E-state index in [1.807, 2.05) is 6.07 Å². The third-order valence-corrected chi connectivity index (χ3v) is 6.60. The van der Waals surface area contributed by atoms with Gasteiger partial charge in [0.1, 0.15) is 10.7 Å². The molecule has 0 saturated heterocycles. The predicted molar refractivity (Wildman–Crippen MR) is 112 cm³/mol. The molecule has 0 fully saturated rings. The average Bonchev–Trinajstić information content (AvgIpc) is 3.18. The zero-order valence-electron chi connectivity index (χ0n) is 15.4. The van der Waals surface area contributed by atoms with Crippen molar-refractivity contribution in [1.29, 1.82) is 0 Å². The van der Waals surface area contributed by atoms with Crippen molar-refractivity contribution in [2.75, 3.05) is 0 Å². The van der Waals surface area contributed by atoms with Crippen molar-refractivity contribution in [1.82, 2.24) is 19.9 Å². The van der Waals surface area contributed by atoms with Gasteiger partial charge in [-0.2, -0.15) is 16.8 Å². The van der Waals surface area contributed by atoms with Gasteiger partial charge in [0.25, 0.3) is 20.2 Å². The molecule has 0 spiro atoms. The van der Waals surface area contributed by atoms with Crippen LogP contribution < -0.4 is 0 Å². The number of aromatic nitrogens is 4. The normalized spacial score (nSPS) is 12.7. The molecular weight excluding hydrogens is 444 g/mol. The summed E-state index contributed by atoms with van der Waals surface area (Å²) in [6, 6.07) is 9.92. The van der Waals surface area contributed by atoms with Crippen LogP contribution in [-0.4, -0.2) is 45.9 Å². The minimum atomic E-state index is -4.85. The van der Waals surface area contributed by atoms with Gasteiger partial charge in [0, 0.05) is 28.7 Å². The summed E-state index contributed by atoms with van der Waals surface area (Å²) in [4.78, 5) is 15.0. The molecule has 0 amide bonds. The van der Waals surface area contributed by atoms with Crippen molar-refractivity contribution in [2.45, 2.75) is 9.79 Å². The summed E-state index contributed by atoms with van der Waals surface area (Å²) in [6.07, 6.45) is 3.25. The first kappa shape index (κ1) is 19.5. The molecule has 0 aliphatic rings. The number of hydrogen-bond donors (Lipinski definition) is 3. The van der Waals surface area contributed by atoms with Crippen molar-refractivity contribution in [3.05, 3.63) is 54.9 Å². The number of benzene rings is 2. The molecule has 10 nitrogen and oxygen atoms in total. The Morgan fingerprint density at radius 3 is 2.06 bits per heavy atom. The van der Waals surface area contributed by atoms with Crippen LogP contribution in [0.4, 0.5) is 0 Å². The summed E-state index contributed by atoms with van der Waals surface area (Å²) in [5.74, 6) is 0.0750.